The molecule has 1 aliphatic heterocycles. The minimum absolute atomic E-state index is 0.663. The van der Waals surface area contributed by atoms with Gasteiger partial charge in [0.25, 0.3) is 0 Å². The van der Waals surface area contributed by atoms with Gasteiger partial charge in [0.2, 0.25) is 0 Å². The maximum atomic E-state index is 5.97. The van der Waals surface area contributed by atoms with Gasteiger partial charge < -0.3 is 5.73 Å². The zero-order valence-corrected chi connectivity index (χ0v) is 13.2. The Labute approximate surface area is 130 Å². The summed E-state index contributed by atoms with van der Waals surface area (Å²) in [5.74, 6) is 0. The fourth-order valence-electron chi connectivity index (χ4n) is 3.44. The molecule has 1 aliphatic carbocycles. The first kappa shape index (κ1) is 13.7. The highest BCUT2D eigenvalue weighted by molar-refractivity contribution is 7.19. The van der Waals surface area contributed by atoms with Crippen LogP contribution in [0.4, 0.5) is 0 Å². The molecular weight excluding hydrogens is 278 g/mol. The fraction of sp³-hybridized carbons (Fsp3) is 0.529. The summed E-state index contributed by atoms with van der Waals surface area (Å²) >= 11 is 1.87. The topological polar surface area (TPSA) is 32.5 Å². The summed E-state index contributed by atoms with van der Waals surface area (Å²) < 4.78 is 1.38. The standard InChI is InChI=1S/C17H23N3S/c18-11-17-15(14-3-1-2-4-16(14)21-17)12-19-7-9-20(10-8-19)13-5-6-13/h1-4,13H,5-12,18H2. The van der Waals surface area contributed by atoms with Gasteiger partial charge in [-0.1, -0.05) is 18.2 Å². The van der Waals surface area contributed by atoms with Gasteiger partial charge in [-0.15, -0.1) is 11.3 Å². The molecule has 1 aromatic heterocycles. The molecule has 1 saturated carbocycles. The first-order chi connectivity index (χ1) is 10.3. The van der Waals surface area contributed by atoms with Crippen LogP contribution in [0.3, 0.4) is 0 Å². The predicted octanol–water partition coefficient (Wildman–Crippen LogP) is 2.64. The Morgan fingerprint density at radius 1 is 1.10 bits per heavy atom. The number of rotatable bonds is 4. The van der Waals surface area contributed by atoms with Gasteiger partial charge in [-0.2, -0.15) is 0 Å². The number of benzene rings is 1. The number of nitrogens with two attached hydrogens (primary N) is 1. The highest BCUT2D eigenvalue weighted by atomic mass is 32.1. The molecule has 112 valence electrons. The van der Waals surface area contributed by atoms with Crippen LogP contribution in [0.2, 0.25) is 0 Å². The molecule has 2 aliphatic rings. The van der Waals surface area contributed by atoms with E-state index >= 15 is 0 Å². The van der Waals surface area contributed by atoms with Crippen molar-refractivity contribution in [2.24, 2.45) is 5.73 Å². The van der Waals surface area contributed by atoms with E-state index in [-0.39, 0.29) is 0 Å². The fourth-order valence-corrected chi connectivity index (χ4v) is 4.53. The normalized spacial score (nSPS) is 21.2. The molecule has 3 nitrogen and oxygen atoms in total. The third kappa shape index (κ3) is 2.73. The molecule has 4 heteroatoms. The second kappa shape index (κ2) is 5.69. The van der Waals surface area contributed by atoms with Crippen molar-refractivity contribution in [2.45, 2.75) is 32.0 Å². The highest BCUT2D eigenvalue weighted by Crippen LogP contribution is 2.33. The van der Waals surface area contributed by atoms with E-state index in [4.69, 9.17) is 5.73 Å². The van der Waals surface area contributed by atoms with Gasteiger partial charge in [-0.05, 0) is 29.9 Å². The molecule has 1 aromatic carbocycles. The maximum Gasteiger partial charge on any atom is 0.0349 e. The lowest BCUT2D eigenvalue weighted by atomic mass is 10.1. The van der Waals surface area contributed by atoms with E-state index in [9.17, 15) is 0 Å². The Morgan fingerprint density at radius 2 is 1.86 bits per heavy atom. The Balaban J connectivity index is 1.51. The van der Waals surface area contributed by atoms with Crippen molar-refractivity contribution in [1.82, 2.24) is 9.80 Å². The van der Waals surface area contributed by atoms with Crippen LogP contribution >= 0.6 is 11.3 Å². The van der Waals surface area contributed by atoms with E-state index in [2.05, 4.69) is 34.1 Å². The maximum absolute atomic E-state index is 5.97. The van der Waals surface area contributed by atoms with Crippen LogP contribution in [0.1, 0.15) is 23.3 Å². The molecule has 0 spiro atoms. The lowest BCUT2D eigenvalue weighted by Gasteiger charge is -2.34. The quantitative estimate of drug-likeness (QED) is 0.942. The summed E-state index contributed by atoms with van der Waals surface area (Å²) in [5.41, 5.74) is 7.44. The highest BCUT2D eigenvalue weighted by Gasteiger charge is 2.31. The van der Waals surface area contributed by atoms with Crippen LogP contribution in [0.5, 0.6) is 0 Å². The first-order valence-corrected chi connectivity index (χ1v) is 8.82. The summed E-state index contributed by atoms with van der Waals surface area (Å²) in [6, 6.07) is 9.64. The average molecular weight is 301 g/mol. The molecule has 2 aromatic rings. The van der Waals surface area contributed by atoms with Gasteiger partial charge in [0.05, 0.1) is 0 Å². The van der Waals surface area contributed by atoms with Gasteiger partial charge >= 0.3 is 0 Å². The smallest absolute Gasteiger partial charge is 0.0349 e. The number of fused-ring (bicyclic) bond motifs is 1. The molecule has 0 radical (unpaired) electrons. The predicted molar refractivity (Wildman–Crippen MR) is 89.6 cm³/mol. The third-order valence-electron chi connectivity index (χ3n) is 4.82. The largest absolute Gasteiger partial charge is 0.326 e. The molecule has 2 heterocycles. The Kier molecular flexibility index (Phi) is 3.71. The Bertz CT molecular complexity index is 624. The lowest BCUT2D eigenvalue weighted by Crippen LogP contribution is -2.46. The number of hydrogen-bond donors (Lipinski definition) is 1. The van der Waals surface area contributed by atoms with Crippen molar-refractivity contribution in [3.63, 3.8) is 0 Å². The molecule has 2 fully saturated rings. The van der Waals surface area contributed by atoms with E-state index in [0.717, 1.165) is 12.6 Å². The molecular formula is C17H23N3S. The number of piperazine rings is 1. The van der Waals surface area contributed by atoms with E-state index in [1.54, 1.807) is 0 Å². The van der Waals surface area contributed by atoms with Crippen LogP contribution in [0.15, 0.2) is 24.3 Å². The van der Waals surface area contributed by atoms with Crippen molar-refractivity contribution in [2.75, 3.05) is 26.2 Å². The van der Waals surface area contributed by atoms with E-state index in [0.29, 0.717) is 6.54 Å². The average Bonchev–Trinajstić information content (AvgIpc) is 3.32. The van der Waals surface area contributed by atoms with Crippen LogP contribution in [-0.2, 0) is 13.1 Å². The van der Waals surface area contributed by atoms with E-state index in [1.807, 2.05) is 11.3 Å². The van der Waals surface area contributed by atoms with Crippen LogP contribution in [-0.4, -0.2) is 42.0 Å². The molecule has 4 rings (SSSR count). The van der Waals surface area contributed by atoms with Gasteiger partial charge in [-0.25, -0.2) is 0 Å². The number of nitrogens with zero attached hydrogens (tertiary/aromatic N) is 2. The Hall–Kier alpha value is -0.940. The van der Waals surface area contributed by atoms with Crippen LogP contribution in [0, 0.1) is 0 Å². The second-order valence-corrected chi connectivity index (χ2v) is 7.38. The van der Waals surface area contributed by atoms with E-state index in [1.165, 1.54) is 59.5 Å². The summed E-state index contributed by atoms with van der Waals surface area (Å²) in [6.45, 7) is 6.61. The molecule has 0 amide bonds. The minimum atomic E-state index is 0.663. The summed E-state index contributed by atoms with van der Waals surface area (Å²) in [7, 11) is 0. The van der Waals surface area contributed by atoms with Crippen molar-refractivity contribution in [3.8, 4) is 0 Å². The van der Waals surface area contributed by atoms with Crippen LogP contribution < -0.4 is 5.73 Å². The van der Waals surface area contributed by atoms with Crippen molar-refractivity contribution < 1.29 is 0 Å². The zero-order chi connectivity index (χ0) is 14.2. The molecule has 0 bridgehead atoms. The van der Waals surface area contributed by atoms with Gasteiger partial charge in [0.15, 0.2) is 0 Å². The molecule has 21 heavy (non-hydrogen) atoms. The number of thiophene rings is 1. The van der Waals surface area contributed by atoms with Crippen LogP contribution in [0.25, 0.3) is 10.1 Å². The van der Waals surface area contributed by atoms with Gasteiger partial charge in [0.1, 0.15) is 0 Å². The minimum Gasteiger partial charge on any atom is -0.326 e. The van der Waals surface area contributed by atoms with Gasteiger partial charge in [-0.3, -0.25) is 9.80 Å². The van der Waals surface area contributed by atoms with Crippen molar-refractivity contribution in [3.05, 3.63) is 34.7 Å². The van der Waals surface area contributed by atoms with Crippen molar-refractivity contribution in [1.29, 1.82) is 0 Å². The summed E-state index contributed by atoms with van der Waals surface area (Å²) in [5, 5.41) is 1.41. The molecule has 1 saturated heterocycles. The van der Waals surface area contributed by atoms with Gasteiger partial charge in [0, 0.05) is 54.9 Å². The summed E-state index contributed by atoms with van der Waals surface area (Å²) in [6.07, 6.45) is 2.85. The Morgan fingerprint density at radius 3 is 2.57 bits per heavy atom. The molecule has 0 unspecified atom stereocenters. The lowest BCUT2D eigenvalue weighted by molar-refractivity contribution is 0.121. The SMILES string of the molecule is NCc1sc2ccccc2c1CN1CCN(C2CC2)CC1. The molecule has 0 atom stereocenters. The zero-order valence-electron chi connectivity index (χ0n) is 12.4. The third-order valence-corrected chi connectivity index (χ3v) is 6.05. The van der Waals surface area contributed by atoms with Crippen molar-refractivity contribution >= 4 is 21.4 Å². The summed E-state index contributed by atoms with van der Waals surface area (Å²) in [4.78, 5) is 6.64. The monoisotopic (exact) mass is 301 g/mol. The molecule has 2 N–H and O–H groups in total. The first-order valence-electron chi connectivity index (χ1n) is 8.01. The van der Waals surface area contributed by atoms with E-state index < -0.39 is 0 Å². The second-order valence-electron chi connectivity index (χ2n) is 6.25. The number of hydrogen-bond acceptors (Lipinski definition) is 4.